The number of oxazole rings is 1. The average molecular weight is 210 g/mol. The normalized spacial score (nSPS) is 18.7. The predicted octanol–water partition coefficient (Wildman–Crippen LogP) is 0.580. The van der Waals surface area contributed by atoms with Crippen LogP contribution in [0.5, 0.6) is 0 Å². The van der Waals surface area contributed by atoms with Gasteiger partial charge in [0.05, 0.1) is 24.4 Å². The van der Waals surface area contributed by atoms with Crippen molar-refractivity contribution in [2.24, 2.45) is 0 Å². The molecule has 0 spiro atoms. The Hall–Kier alpha value is -1.36. The number of rotatable bonds is 2. The lowest BCUT2D eigenvalue weighted by molar-refractivity contribution is -0.0834. The second-order valence-electron chi connectivity index (χ2n) is 4.01. The SMILES string of the molecule is CCC1(O)CN(C(=O)c2ocnc2C)C1. The maximum atomic E-state index is 11.8. The Morgan fingerprint density at radius 1 is 1.73 bits per heavy atom. The molecule has 5 nitrogen and oxygen atoms in total. The molecule has 5 heteroatoms. The van der Waals surface area contributed by atoms with Gasteiger partial charge >= 0.3 is 0 Å². The van der Waals surface area contributed by atoms with Crippen molar-refractivity contribution in [2.45, 2.75) is 25.9 Å². The lowest BCUT2D eigenvalue weighted by atomic mass is 9.91. The Morgan fingerprint density at radius 3 is 2.87 bits per heavy atom. The first-order valence-corrected chi connectivity index (χ1v) is 4.97. The highest BCUT2D eigenvalue weighted by Gasteiger charge is 2.43. The van der Waals surface area contributed by atoms with Crippen LogP contribution in [0.15, 0.2) is 10.8 Å². The van der Waals surface area contributed by atoms with Crippen LogP contribution >= 0.6 is 0 Å². The summed E-state index contributed by atoms with van der Waals surface area (Å²) in [4.78, 5) is 17.2. The Kier molecular flexibility index (Phi) is 2.26. The molecule has 82 valence electrons. The van der Waals surface area contributed by atoms with Gasteiger partial charge in [-0.3, -0.25) is 4.79 Å². The molecule has 0 atom stereocenters. The fourth-order valence-electron chi connectivity index (χ4n) is 1.68. The van der Waals surface area contributed by atoms with Crippen LogP contribution in [-0.4, -0.2) is 39.6 Å². The maximum Gasteiger partial charge on any atom is 0.291 e. The minimum Gasteiger partial charge on any atom is -0.438 e. The summed E-state index contributed by atoms with van der Waals surface area (Å²) < 4.78 is 5.00. The molecule has 0 bridgehead atoms. The average Bonchev–Trinajstić information content (AvgIpc) is 2.58. The maximum absolute atomic E-state index is 11.8. The van der Waals surface area contributed by atoms with Crippen molar-refractivity contribution < 1.29 is 14.3 Å². The number of amides is 1. The van der Waals surface area contributed by atoms with Crippen molar-refractivity contribution in [1.29, 1.82) is 0 Å². The molecule has 1 saturated heterocycles. The zero-order valence-corrected chi connectivity index (χ0v) is 8.86. The molecule has 0 saturated carbocycles. The summed E-state index contributed by atoms with van der Waals surface area (Å²) in [6.45, 7) is 4.38. The van der Waals surface area contributed by atoms with Crippen molar-refractivity contribution in [1.82, 2.24) is 9.88 Å². The summed E-state index contributed by atoms with van der Waals surface area (Å²) in [6, 6.07) is 0. The quantitative estimate of drug-likeness (QED) is 0.775. The second kappa shape index (κ2) is 3.34. The molecule has 0 aromatic carbocycles. The highest BCUT2D eigenvalue weighted by atomic mass is 16.4. The summed E-state index contributed by atoms with van der Waals surface area (Å²) >= 11 is 0. The van der Waals surface area contributed by atoms with E-state index in [1.165, 1.54) is 6.39 Å². The van der Waals surface area contributed by atoms with Crippen molar-refractivity contribution >= 4 is 5.91 Å². The Balaban J connectivity index is 2.04. The van der Waals surface area contributed by atoms with Gasteiger partial charge in [0, 0.05) is 0 Å². The van der Waals surface area contributed by atoms with Gasteiger partial charge in [0.15, 0.2) is 6.39 Å². The smallest absolute Gasteiger partial charge is 0.291 e. The van der Waals surface area contributed by atoms with E-state index in [1.54, 1.807) is 11.8 Å². The highest BCUT2D eigenvalue weighted by Crippen LogP contribution is 2.26. The number of β-amino-alcohol motifs (C(OH)–C–C–N with tert-alkyl or cyclic N) is 1. The van der Waals surface area contributed by atoms with E-state index in [0.29, 0.717) is 25.2 Å². The second-order valence-corrected chi connectivity index (χ2v) is 4.01. The number of hydrogen-bond donors (Lipinski definition) is 1. The molecule has 15 heavy (non-hydrogen) atoms. The van der Waals surface area contributed by atoms with Crippen LogP contribution in [-0.2, 0) is 0 Å². The molecule has 1 fully saturated rings. The molecule has 1 aromatic heterocycles. The zero-order valence-electron chi connectivity index (χ0n) is 8.86. The number of nitrogens with zero attached hydrogens (tertiary/aromatic N) is 2. The summed E-state index contributed by atoms with van der Waals surface area (Å²) in [5.41, 5.74) is -0.115. The topological polar surface area (TPSA) is 66.6 Å². The lowest BCUT2D eigenvalue weighted by Crippen LogP contribution is -2.63. The standard InChI is InChI=1S/C10H14N2O3/c1-3-10(14)4-12(5-10)9(13)8-7(2)11-6-15-8/h6,14H,3-5H2,1-2H3. The van der Waals surface area contributed by atoms with Crippen molar-refractivity contribution in [2.75, 3.05) is 13.1 Å². The molecule has 0 aliphatic carbocycles. The van der Waals surface area contributed by atoms with E-state index in [0.717, 1.165) is 0 Å². The number of hydrogen-bond acceptors (Lipinski definition) is 4. The van der Waals surface area contributed by atoms with Gasteiger partial charge in [-0.2, -0.15) is 0 Å². The molecule has 1 aromatic rings. The highest BCUT2D eigenvalue weighted by molar-refractivity contribution is 5.93. The van der Waals surface area contributed by atoms with Crippen LogP contribution < -0.4 is 0 Å². The fraction of sp³-hybridized carbons (Fsp3) is 0.600. The number of aromatic nitrogens is 1. The van der Waals surface area contributed by atoms with E-state index in [-0.39, 0.29) is 11.7 Å². The lowest BCUT2D eigenvalue weighted by Gasteiger charge is -2.45. The van der Waals surface area contributed by atoms with Gasteiger partial charge in [0.25, 0.3) is 5.91 Å². The van der Waals surface area contributed by atoms with Gasteiger partial charge in [-0.25, -0.2) is 4.98 Å². The molecule has 2 rings (SSSR count). The number of carbonyl (C=O) groups is 1. The summed E-state index contributed by atoms with van der Waals surface area (Å²) in [5, 5.41) is 9.76. The molecule has 1 amide bonds. The number of aliphatic hydroxyl groups is 1. The number of carbonyl (C=O) groups excluding carboxylic acids is 1. The van der Waals surface area contributed by atoms with Gasteiger partial charge < -0.3 is 14.4 Å². The number of aryl methyl sites for hydroxylation is 1. The largest absolute Gasteiger partial charge is 0.438 e. The molecule has 0 radical (unpaired) electrons. The van der Waals surface area contributed by atoms with Crippen LogP contribution in [0.1, 0.15) is 29.6 Å². The molecule has 1 aliphatic rings. The summed E-state index contributed by atoms with van der Waals surface area (Å²) in [5.74, 6) is 0.0799. The third-order valence-electron chi connectivity index (χ3n) is 2.86. The monoisotopic (exact) mass is 210 g/mol. The minimum atomic E-state index is -0.705. The van der Waals surface area contributed by atoms with Crippen LogP contribution in [0.2, 0.25) is 0 Å². The first-order chi connectivity index (χ1) is 7.06. The number of likely N-dealkylation sites (tertiary alicyclic amines) is 1. The predicted molar refractivity (Wildman–Crippen MR) is 52.4 cm³/mol. The van der Waals surface area contributed by atoms with Gasteiger partial charge in [0.2, 0.25) is 5.76 Å². The Morgan fingerprint density at radius 2 is 2.40 bits per heavy atom. The fourth-order valence-corrected chi connectivity index (χ4v) is 1.68. The Bertz CT molecular complexity index is 380. The van der Waals surface area contributed by atoms with Crippen molar-refractivity contribution in [3.05, 3.63) is 17.8 Å². The van der Waals surface area contributed by atoms with Crippen LogP contribution in [0.3, 0.4) is 0 Å². The minimum absolute atomic E-state index is 0.192. The van der Waals surface area contributed by atoms with Crippen LogP contribution in [0.25, 0.3) is 0 Å². The summed E-state index contributed by atoms with van der Waals surface area (Å²) in [6.07, 6.45) is 1.92. The van der Waals surface area contributed by atoms with E-state index in [9.17, 15) is 9.90 Å². The molecule has 1 aliphatic heterocycles. The van der Waals surface area contributed by atoms with Crippen molar-refractivity contribution in [3.63, 3.8) is 0 Å². The zero-order chi connectivity index (χ0) is 11.1. The molecule has 2 heterocycles. The van der Waals surface area contributed by atoms with Crippen LogP contribution in [0.4, 0.5) is 0 Å². The van der Waals surface area contributed by atoms with E-state index in [2.05, 4.69) is 4.98 Å². The molecular weight excluding hydrogens is 196 g/mol. The van der Waals surface area contributed by atoms with Gasteiger partial charge in [0.1, 0.15) is 0 Å². The van der Waals surface area contributed by atoms with Gasteiger partial charge in [-0.1, -0.05) is 6.92 Å². The van der Waals surface area contributed by atoms with Crippen LogP contribution in [0, 0.1) is 6.92 Å². The molecule has 0 unspecified atom stereocenters. The third-order valence-corrected chi connectivity index (χ3v) is 2.86. The van der Waals surface area contributed by atoms with Crippen molar-refractivity contribution in [3.8, 4) is 0 Å². The molecular formula is C10H14N2O3. The Labute approximate surface area is 87.7 Å². The van der Waals surface area contributed by atoms with E-state index < -0.39 is 5.60 Å². The van der Waals surface area contributed by atoms with E-state index in [4.69, 9.17) is 4.42 Å². The van der Waals surface area contributed by atoms with E-state index >= 15 is 0 Å². The third kappa shape index (κ3) is 1.63. The first kappa shape index (κ1) is 10.2. The summed E-state index contributed by atoms with van der Waals surface area (Å²) in [7, 11) is 0. The van der Waals surface area contributed by atoms with Gasteiger partial charge in [-0.05, 0) is 13.3 Å². The van der Waals surface area contributed by atoms with E-state index in [1.807, 2.05) is 6.92 Å². The van der Waals surface area contributed by atoms with Gasteiger partial charge in [-0.15, -0.1) is 0 Å². The first-order valence-electron chi connectivity index (χ1n) is 4.97. The molecule has 1 N–H and O–H groups in total.